The number of rotatable bonds is 7. The summed E-state index contributed by atoms with van der Waals surface area (Å²) in [5, 5.41) is 6.27. The number of aliphatic imine (C=N–C) groups is 1. The summed E-state index contributed by atoms with van der Waals surface area (Å²) in [6, 6.07) is 5.24. The summed E-state index contributed by atoms with van der Waals surface area (Å²) in [6.07, 6.45) is 1.92. The van der Waals surface area contributed by atoms with Gasteiger partial charge in [-0.25, -0.2) is 9.98 Å². The topological polar surface area (TPSA) is 54.2 Å². The second kappa shape index (κ2) is 9.10. The molecule has 0 spiro atoms. The van der Waals surface area contributed by atoms with Gasteiger partial charge in [0.15, 0.2) is 5.96 Å². The molecule has 0 fully saturated rings. The third-order valence-electron chi connectivity index (χ3n) is 3.46. The SMILES string of the molecule is CCNC(=NCc1cccc(C(F)(F)F)c1)NCCCn1ccnc1. The molecule has 0 amide bonds. The molecule has 0 atom stereocenters. The molecule has 25 heavy (non-hydrogen) atoms. The van der Waals surface area contributed by atoms with Gasteiger partial charge in [0.05, 0.1) is 18.4 Å². The van der Waals surface area contributed by atoms with Gasteiger partial charge in [-0.3, -0.25) is 0 Å². The molecule has 0 unspecified atom stereocenters. The first-order valence-corrected chi connectivity index (χ1v) is 8.13. The van der Waals surface area contributed by atoms with Crippen molar-refractivity contribution < 1.29 is 13.2 Å². The number of hydrogen-bond acceptors (Lipinski definition) is 2. The first-order valence-electron chi connectivity index (χ1n) is 8.13. The molecule has 0 radical (unpaired) electrons. The summed E-state index contributed by atoms with van der Waals surface area (Å²) in [5.41, 5.74) is -0.135. The number of alkyl halides is 3. The fourth-order valence-corrected chi connectivity index (χ4v) is 2.25. The van der Waals surface area contributed by atoms with Gasteiger partial charge in [-0.05, 0) is 31.0 Å². The number of nitrogens with zero attached hydrogens (tertiary/aromatic N) is 3. The van der Waals surface area contributed by atoms with Crippen LogP contribution in [0.3, 0.4) is 0 Å². The monoisotopic (exact) mass is 353 g/mol. The molecule has 0 saturated heterocycles. The van der Waals surface area contributed by atoms with Crippen LogP contribution < -0.4 is 10.6 Å². The Balaban J connectivity index is 1.88. The molecule has 0 aliphatic heterocycles. The average molecular weight is 353 g/mol. The van der Waals surface area contributed by atoms with E-state index in [0.717, 1.165) is 25.1 Å². The number of halogens is 3. The Morgan fingerprint density at radius 3 is 2.80 bits per heavy atom. The standard InChI is InChI=1S/C17H22F3N5/c1-2-22-16(23-7-4-9-25-10-8-21-13-25)24-12-14-5-3-6-15(11-14)17(18,19)20/h3,5-6,8,10-11,13H,2,4,7,9,12H2,1H3,(H2,22,23,24). The van der Waals surface area contributed by atoms with E-state index in [-0.39, 0.29) is 6.54 Å². The van der Waals surface area contributed by atoms with E-state index in [1.165, 1.54) is 6.07 Å². The summed E-state index contributed by atoms with van der Waals surface area (Å²) in [7, 11) is 0. The maximum Gasteiger partial charge on any atom is 0.416 e. The van der Waals surface area contributed by atoms with Crippen LogP contribution in [0.25, 0.3) is 0 Å². The zero-order valence-corrected chi connectivity index (χ0v) is 14.1. The highest BCUT2D eigenvalue weighted by Gasteiger charge is 2.30. The highest BCUT2D eigenvalue weighted by molar-refractivity contribution is 5.79. The third-order valence-corrected chi connectivity index (χ3v) is 3.46. The predicted octanol–water partition coefficient (Wildman–Crippen LogP) is 3.05. The van der Waals surface area contributed by atoms with Crippen molar-refractivity contribution in [1.82, 2.24) is 20.2 Å². The Labute approximate surface area is 145 Å². The number of imidazole rings is 1. The van der Waals surface area contributed by atoms with E-state index in [9.17, 15) is 13.2 Å². The lowest BCUT2D eigenvalue weighted by atomic mass is 10.1. The third kappa shape index (κ3) is 6.48. The molecule has 2 aromatic rings. The molecule has 1 aromatic carbocycles. The molecule has 0 bridgehead atoms. The summed E-state index contributed by atoms with van der Waals surface area (Å²) in [6.45, 7) is 4.33. The van der Waals surface area contributed by atoms with Crippen LogP contribution in [0.5, 0.6) is 0 Å². The number of aromatic nitrogens is 2. The minimum atomic E-state index is -4.34. The lowest BCUT2D eigenvalue weighted by Gasteiger charge is -2.12. The van der Waals surface area contributed by atoms with E-state index >= 15 is 0 Å². The van der Waals surface area contributed by atoms with Crippen molar-refractivity contribution in [3.63, 3.8) is 0 Å². The normalized spacial score (nSPS) is 12.2. The number of benzene rings is 1. The van der Waals surface area contributed by atoms with Gasteiger partial charge in [0.1, 0.15) is 0 Å². The maximum absolute atomic E-state index is 12.7. The Morgan fingerprint density at radius 2 is 2.12 bits per heavy atom. The van der Waals surface area contributed by atoms with Crippen molar-refractivity contribution in [2.45, 2.75) is 32.6 Å². The van der Waals surface area contributed by atoms with Crippen molar-refractivity contribution in [2.75, 3.05) is 13.1 Å². The Hall–Kier alpha value is -2.51. The fourth-order valence-electron chi connectivity index (χ4n) is 2.25. The van der Waals surface area contributed by atoms with Crippen LogP contribution in [0.2, 0.25) is 0 Å². The number of hydrogen-bond donors (Lipinski definition) is 2. The largest absolute Gasteiger partial charge is 0.416 e. The van der Waals surface area contributed by atoms with Gasteiger partial charge in [-0.1, -0.05) is 12.1 Å². The van der Waals surface area contributed by atoms with Crippen LogP contribution in [-0.4, -0.2) is 28.6 Å². The van der Waals surface area contributed by atoms with E-state index < -0.39 is 11.7 Å². The van der Waals surface area contributed by atoms with Crippen molar-refractivity contribution in [3.8, 4) is 0 Å². The quantitative estimate of drug-likeness (QED) is 0.457. The molecule has 136 valence electrons. The van der Waals surface area contributed by atoms with Crippen LogP contribution in [0.1, 0.15) is 24.5 Å². The summed E-state index contributed by atoms with van der Waals surface area (Å²) < 4.78 is 40.2. The van der Waals surface area contributed by atoms with Gasteiger partial charge in [0, 0.05) is 32.0 Å². The fraction of sp³-hybridized carbons (Fsp3) is 0.412. The summed E-state index contributed by atoms with van der Waals surface area (Å²) in [4.78, 5) is 8.33. The van der Waals surface area contributed by atoms with E-state index in [1.807, 2.05) is 17.7 Å². The Morgan fingerprint density at radius 1 is 1.28 bits per heavy atom. The van der Waals surface area contributed by atoms with E-state index in [0.29, 0.717) is 24.6 Å². The van der Waals surface area contributed by atoms with Gasteiger partial charge in [0.2, 0.25) is 0 Å². The molecule has 1 aromatic heterocycles. The molecular formula is C17H22F3N5. The predicted molar refractivity (Wildman–Crippen MR) is 91.1 cm³/mol. The molecular weight excluding hydrogens is 331 g/mol. The minimum absolute atomic E-state index is 0.181. The molecule has 2 rings (SSSR count). The van der Waals surface area contributed by atoms with Gasteiger partial charge < -0.3 is 15.2 Å². The average Bonchev–Trinajstić information content (AvgIpc) is 3.09. The highest BCUT2D eigenvalue weighted by atomic mass is 19.4. The molecule has 0 aliphatic carbocycles. The summed E-state index contributed by atoms with van der Waals surface area (Å²) in [5.74, 6) is 0.588. The first kappa shape index (κ1) is 18.8. The van der Waals surface area contributed by atoms with Crippen LogP contribution in [0.15, 0.2) is 48.0 Å². The van der Waals surface area contributed by atoms with Crippen molar-refractivity contribution in [1.29, 1.82) is 0 Å². The molecule has 5 nitrogen and oxygen atoms in total. The zero-order valence-electron chi connectivity index (χ0n) is 14.1. The van der Waals surface area contributed by atoms with Crippen LogP contribution in [-0.2, 0) is 19.3 Å². The van der Waals surface area contributed by atoms with Crippen LogP contribution in [0.4, 0.5) is 13.2 Å². The van der Waals surface area contributed by atoms with Crippen LogP contribution in [0, 0.1) is 0 Å². The maximum atomic E-state index is 12.7. The van der Waals surface area contributed by atoms with Crippen molar-refractivity contribution in [2.24, 2.45) is 4.99 Å². The lowest BCUT2D eigenvalue weighted by Crippen LogP contribution is -2.38. The van der Waals surface area contributed by atoms with Crippen molar-refractivity contribution in [3.05, 3.63) is 54.1 Å². The Kier molecular flexibility index (Phi) is 6.85. The summed E-state index contributed by atoms with van der Waals surface area (Å²) >= 11 is 0. The first-order chi connectivity index (χ1) is 12.0. The zero-order chi connectivity index (χ0) is 18.1. The van der Waals surface area contributed by atoms with Crippen LogP contribution >= 0.6 is 0 Å². The van der Waals surface area contributed by atoms with Gasteiger partial charge in [-0.2, -0.15) is 13.2 Å². The Bertz CT molecular complexity index is 665. The van der Waals surface area contributed by atoms with E-state index in [4.69, 9.17) is 0 Å². The second-order valence-corrected chi connectivity index (χ2v) is 5.47. The smallest absolute Gasteiger partial charge is 0.357 e. The van der Waals surface area contributed by atoms with Gasteiger partial charge >= 0.3 is 6.18 Å². The molecule has 0 saturated carbocycles. The number of aryl methyl sites for hydroxylation is 1. The van der Waals surface area contributed by atoms with E-state index in [1.54, 1.807) is 18.6 Å². The molecule has 0 aliphatic rings. The van der Waals surface area contributed by atoms with Gasteiger partial charge in [0.25, 0.3) is 0 Å². The van der Waals surface area contributed by atoms with Gasteiger partial charge in [-0.15, -0.1) is 0 Å². The molecule has 8 heteroatoms. The van der Waals surface area contributed by atoms with Crippen molar-refractivity contribution >= 4 is 5.96 Å². The molecule has 1 heterocycles. The number of guanidine groups is 1. The molecule has 2 N–H and O–H groups in total. The number of nitrogens with one attached hydrogen (secondary N) is 2. The van der Waals surface area contributed by atoms with E-state index in [2.05, 4.69) is 20.6 Å². The lowest BCUT2D eigenvalue weighted by molar-refractivity contribution is -0.137. The second-order valence-electron chi connectivity index (χ2n) is 5.47. The highest BCUT2D eigenvalue weighted by Crippen LogP contribution is 2.29. The minimum Gasteiger partial charge on any atom is -0.357 e.